The van der Waals surface area contributed by atoms with Crippen molar-refractivity contribution in [3.63, 3.8) is 0 Å². The Bertz CT molecular complexity index is 4890. The van der Waals surface area contributed by atoms with Crippen LogP contribution in [0.2, 0.25) is 25.1 Å². The molecule has 0 aromatic heterocycles. The molecule has 0 bridgehead atoms. The Morgan fingerprint density at radius 3 is 1.14 bits per heavy atom. The molecule has 5 saturated heterocycles. The number of carbonyl (C=O) groups excluding carboxylic acids is 9. The molecule has 778 valence electrons. The van der Waals surface area contributed by atoms with Crippen LogP contribution in [0.3, 0.4) is 0 Å². The van der Waals surface area contributed by atoms with Crippen molar-refractivity contribution in [1.82, 2.24) is 24.5 Å². The molecule has 0 unspecified atom stereocenters. The third-order valence-corrected chi connectivity index (χ3v) is 24.1. The van der Waals surface area contributed by atoms with Gasteiger partial charge >= 0.3 is 46.7 Å². The fourth-order valence-electron chi connectivity index (χ4n) is 15.3. The van der Waals surface area contributed by atoms with Crippen LogP contribution in [0, 0.1) is 0 Å². The van der Waals surface area contributed by atoms with Gasteiger partial charge in [-0.1, -0.05) is 117 Å². The molecule has 5 fully saturated rings. The Kier molecular flexibility index (Phi) is 50.7. The number of methoxy groups -OCH3 is 1. The van der Waals surface area contributed by atoms with Crippen molar-refractivity contribution in [1.29, 1.82) is 0 Å². The fraction of sp³-hybridized carbons (Fsp3) is 0.552. The lowest BCUT2D eigenvalue weighted by molar-refractivity contribution is -0.200. The number of esters is 1. The summed E-state index contributed by atoms with van der Waals surface area (Å²) in [5, 5.41) is 7.15. The molecule has 0 saturated carbocycles. The van der Waals surface area contributed by atoms with Crippen molar-refractivity contribution in [3.8, 4) is 0 Å². The lowest BCUT2D eigenvalue weighted by Gasteiger charge is -2.40. The number of alkyl halides is 11. The summed E-state index contributed by atoms with van der Waals surface area (Å²) in [6.07, 6.45) is 3.88. The van der Waals surface area contributed by atoms with Gasteiger partial charge in [-0.2, -0.15) is 26.3 Å². The first-order valence-electron chi connectivity index (χ1n) is 44.3. The molecule has 4 N–H and O–H groups in total. The molecule has 139 heavy (non-hydrogen) atoms. The first-order chi connectivity index (χ1) is 63.4. The number of nitrogens with one attached hydrogen (secondary N) is 2. The van der Waals surface area contributed by atoms with Crippen LogP contribution >= 0.6 is 128 Å². The first kappa shape index (κ1) is 126. The Morgan fingerprint density at radius 1 is 0.489 bits per heavy atom. The second-order valence-electron chi connectivity index (χ2n) is 37.3. The van der Waals surface area contributed by atoms with Crippen LogP contribution < -0.4 is 38.8 Å². The van der Waals surface area contributed by atoms with Gasteiger partial charge in [0.25, 0.3) is 5.78 Å². The van der Waals surface area contributed by atoms with Crippen LogP contribution in [0.5, 0.6) is 0 Å². The minimum Gasteiger partial charge on any atom is -1.00 e. The highest BCUT2D eigenvalue weighted by molar-refractivity contribution is 6.66. The van der Waals surface area contributed by atoms with E-state index in [2.05, 4.69) is 85.6 Å². The maximum absolute atomic E-state index is 12.3. The summed E-state index contributed by atoms with van der Waals surface area (Å²) in [4.78, 5) is 114. The molecule has 0 aliphatic carbocycles. The van der Waals surface area contributed by atoms with E-state index in [0.29, 0.717) is 55.6 Å². The number of nitrogens with zero attached hydrogens (tertiary/aromatic N) is 7. The van der Waals surface area contributed by atoms with Crippen LogP contribution in [-0.2, 0) is 68.6 Å². The number of benzene rings is 5. The molecule has 0 radical (unpaired) electrons. The van der Waals surface area contributed by atoms with Gasteiger partial charge in [0.15, 0.2) is 4.84 Å². The van der Waals surface area contributed by atoms with Gasteiger partial charge in [-0.3, -0.25) is 29.9 Å². The van der Waals surface area contributed by atoms with E-state index in [-0.39, 0.29) is 83.0 Å². The molecule has 6 amide bonds. The van der Waals surface area contributed by atoms with Gasteiger partial charge in [-0.05, 0) is 309 Å². The zero-order valence-corrected chi connectivity index (χ0v) is 90.1. The zero-order valence-electron chi connectivity index (χ0n) is 81.0. The van der Waals surface area contributed by atoms with Crippen molar-refractivity contribution in [2.24, 2.45) is 5.84 Å². The molecular formula is C96H127Cl12F6N10O15-. The minimum absolute atomic E-state index is 0. The van der Waals surface area contributed by atoms with E-state index in [1.807, 2.05) is 184 Å². The van der Waals surface area contributed by atoms with Gasteiger partial charge in [-0.25, -0.2) is 24.0 Å². The third kappa shape index (κ3) is 42.7. The number of fused-ring (bicyclic) bond motifs is 6. The molecule has 5 aromatic rings. The number of halogens is 18. The summed E-state index contributed by atoms with van der Waals surface area (Å²) in [6, 6.07) is 32.7. The summed E-state index contributed by atoms with van der Waals surface area (Å²) < 4.78 is 94.2. The lowest BCUT2D eigenvalue weighted by atomic mass is 9.74. The predicted molar refractivity (Wildman–Crippen MR) is 540 cm³/mol. The molecule has 8 aliphatic rings. The largest absolute Gasteiger partial charge is 1.00 e. The van der Waals surface area contributed by atoms with Crippen LogP contribution in [0.15, 0.2) is 121 Å². The number of piperidine rings is 5. The molecule has 5 aromatic carbocycles. The molecule has 8 heterocycles. The van der Waals surface area contributed by atoms with Crippen molar-refractivity contribution in [2.75, 3.05) is 126 Å². The topological polar surface area (TPSA) is 282 Å². The average Bonchev–Trinajstić information content (AvgIpc) is 1.59. The minimum atomic E-state index is -5.15. The molecule has 8 aliphatic heterocycles. The Morgan fingerprint density at radius 2 is 0.827 bits per heavy atom. The number of ketones is 2. The summed E-state index contributed by atoms with van der Waals surface area (Å²) >= 11 is 53.6. The molecule has 43 heteroatoms. The Labute approximate surface area is 874 Å². The predicted octanol–water partition coefficient (Wildman–Crippen LogP) is 22.0. The molecule has 0 atom stereocenters. The first-order valence-corrected chi connectivity index (χ1v) is 48.2. The Hall–Kier alpha value is -7.05. The van der Waals surface area contributed by atoms with E-state index in [4.69, 9.17) is 118 Å². The molecule has 13 rings (SSSR count). The second kappa shape index (κ2) is 55.9. The molecule has 25 nitrogen and oxygen atoms in total. The van der Waals surface area contributed by atoms with E-state index in [1.54, 1.807) is 47.8 Å². The fourth-order valence-corrected chi connectivity index (χ4v) is 16.5. The van der Waals surface area contributed by atoms with Gasteiger partial charge in [-0.15, -0.1) is 12.4 Å². The number of hydrazine groups is 1. The number of rotatable bonds is 6. The highest BCUT2D eigenvalue weighted by atomic mass is 35.6. The van der Waals surface area contributed by atoms with Gasteiger partial charge in [0.05, 0.1) is 0 Å². The normalized spacial score (nSPS) is 16.7. The number of amides is 6. The van der Waals surface area contributed by atoms with Gasteiger partial charge in [0.2, 0.25) is 11.8 Å². The number of carbonyl (C=O) groups is 9. The molecule has 3 spiro atoms. The SMILES string of the molecule is CC(=O)N1CC2(CCN(C(=O)OC(C)(C)C)CC2)c2cc(Cl)ccc21.CC(=O)N1CC2(CCN(C/C=C/c3ccc(Cl)cc3)CC2)c2cc(Cl)ccc21.CC(C)(C)OC(=O)N1CCC(=O)CC1.CC(C)(C)OC(=O)N1CCC2(CC1)CNc1ccc(Cl)cc12.CC=C1CCN(C(=O)OC(C)(C)C)CC1.CCOC.Cl.NNc1ccc(Cl)cc1.O=C(C(Cl)Cl)C(F)(F)F.O=C(OC(Cl)(Cl)Cl)C(F)(F)F.[Cl-]. The monoisotopic (exact) mass is 2190 g/mol. The van der Waals surface area contributed by atoms with Crippen LogP contribution in [0.25, 0.3) is 6.08 Å². The highest BCUT2D eigenvalue weighted by Crippen LogP contribution is 2.51. The van der Waals surface area contributed by atoms with E-state index >= 15 is 0 Å². The highest BCUT2D eigenvalue weighted by Gasteiger charge is 2.50. The molecular weight excluding hydrogens is 2070 g/mol. The third-order valence-electron chi connectivity index (χ3n) is 22.3. The van der Waals surface area contributed by atoms with Crippen molar-refractivity contribution in [2.45, 2.75) is 235 Å². The smallest absolute Gasteiger partial charge is 0.491 e. The average molecular weight is 2200 g/mol. The number of allylic oxidation sites excluding steroid dienone is 1. The summed E-state index contributed by atoms with van der Waals surface area (Å²) in [7, 11) is 1.68. The van der Waals surface area contributed by atoms with Crippen molar-refractivity contribution in [3.05, 3.63) is 168 Å². The standard InChI is InChI=1S/C23H24Cl2N2O.C19H25ClN2O3.C17H23ClN2O2.C12H21NO2.C10H17NO3.C6H7ClN2.C3Cl3F3O2.C3HCl2F3O.C3H8O.2ClH/c1-17(28)27-16-23(21-15-20(25)8-9-22(21)27)10-13-26(14-11-23)12-2-3-18-4-6-19(24)7-5-18;1-13(23)22-12-19(15-11-14(20)5-6-16(15)22)7-9-21(10-8-19)17(24)25-18(2,3)4;1-16(2,3)22-15(21)20-8-6-17(7-9-20)11-19-14-5-4-12(18)10-13(14)17;1-5-10-6-8-13(9-7-10)11(14)15-12(2,3)4;1-10(2,3)14-9(13)11-6-4-8(12)5-7-11;7-5-1-3-6(9-8)4-2-5;4-3(5,6)11-1(10)2(7,8)9;4-2(5)1(9)3(6,7)8;1-3-4-2;;/h2-9,15H,10-14,16H2,1H3;5-6,11H,7-10,12H2,1-4H3;4-5,10,19H,6-9,11H2,1-3H3;5H,6-9H2,1-4H3;4-7H2,1-3H3;1-4,9H,8H2;;2H;3H2,1-2H3;2*1H/p-1/b3-2+;;;;;;;;;;. The van der Waals surface area contributed by atoms with Crippen LogP contribution in [0.4, 0.5) is 68.3 Å². The maximum atomic E-state index is 12.3. The van der Waals surface area contributed by atoms with Crippen molar-refractivity contribution >= 4 is 211 Å². The summed E-state index contributed by atoms with van der Waals surface area (Å²) in [5.41, 5.74) is 11.0. The summed E-state index contributed by atoms with van der Waals surface area (Å²) in [5.74, 6) is 0.798. The lowest BCUT2D eigenvalue weighted by Crippen LogP contribution is -3.00. The summed E-state index contributed by atoms with van der Waals surface area (Å²) in [6.45, 7) is 41.1. The zero-order chi connectivity index (χ0) is 103. The van der Waals surface area contributed by atoms with Gasteiger partial charge in [0.1, 0.15) is 28.2 Å². The number of nitrogens with two attached hydrogens (primary N) is 1. The van der Waals surface area contributed by atoms with Crippen LogP contribution in [0.1, 0.15) is 197 Å². The van der Waals surface area contributed by atoms with E-state index in [0.717, 1.165) is 160 Å². The number of likely N-dealkylation sites (tertiary alicyclic amines) is 5. The van der Waals surface area contributed by atoms with Gasteiger partial charge < -0.3 is 81.0 Å². The van der Waals surface area contributed by atoms with E-state index < -0.39 is 55.3 Å². The van der Waals surface area contributed by atoms with E-state index in [9.17, 15) is 69.5 Å². The number of anilines is 4. The van der Waals surface area contributed by atoms with Crippen LogP contribution in [-0.4, -0.2) is 227 Å². The van der Waals surface area contributed by atoms with Gasteiger partial charge in [0, 0.05) is 183 Å². The Balaban J connectivity index is 0.000000418. The number of hydrogen-bond acceptors (Lipinski definition) is 19. The quantitative estimate of drug-likeness (QED) is 0.0271. The number of hydrogen-bond donors (Lipinski definition) is 3. The number of ether oxygens (including phenoxy) is 6. The van der Waals surface area contributed by atoms with Crippen molar-refractivity contribution < 1.29 is 110 Å². The van der Waals surface area contributed by atoms with E-state index in [1.165, 1.54) is 22.4 Å². The number of Topliss-reactive ketones (excluding diaryl/α,β-unsaturated/α-hetero) is 2. The number of nitrogen functional groups attached to an aromatic ring is 1. The second-order valence-corrected chi connectivity index (χ2v) is 42.7. The maximum Gasteiger partial charge on any atom is 0.491 e.